The third-order valence-electron chi connectivity index (χ3n) is 4.01. The van der Waals surface area contributed by atoms with E-state index in [0.29, 0.717) is 36.4 Å². The molecule has 2 rings (SSSR count). The summed E-state index contributed by atoms with van der Waals surface area (Å²) in [4.78, 5) is 12.1. The van der Waals surface area contributed by atoms with Gasteiger partial charge in [-0.15, -0.1) is 0 Å². The number of para-hydroxylation sites is 2. The highest BCUT2D eigenvalue weighted by atomic mass is 16.5. The molecule has 0 aliphatic heterocycles. The molecule has 0 aromatic heterocycles. The number of urea groups is 1. The van der Waals surface area contributed by atoms with Crippen LogP contribution in [0.2, 0.25) is 0 Å². The molecule has 23 heavy (non-hydrogen) atoms. The lowest BCUT2D eigenvalue weighted by Crippen LogP contribution is -2.35. The van der Waals surface area contributed by atoms with Crippen LogP contribution in [0.4, 0.5) is 10.5 Å². The fourth-order valence-electron chi connectivity index (χ4n) is 2.80. The van der Waals surface area contributed by atoms with Gasteiger partial charge in [0.05, 0.1) is 18.4 Å². The topological polar surface area (TPSA) is 70.6 Å². The lowest BCUT2D eigenvalue weighted by molar-refractivity contribution is 0.101. The first kappa shape index (κ1) is 17.6. The van der Waals surface area contributed by atoms with E-state index >= 15 is 0 Å². The summed E-state index contributed by atoms with van der Waals surface area (Å²) in [6.07, 6.45) is 3.52. The number of carbonyl (C=O) groups excluding carboxylic acids is 1. The van der Waals surface area contributed by atoms with E-state index in [1.165, 1.54) is 0 Å². The molecule has 0 bridgehead atoms. The van der Waals surface area contributed by atoms with Gasteiger partial charge in [0.2, 0.25) is 0 Å². The van der Waals surface area contributed by atoms with E-state index in [4.69, 9.17) is 4.74 Å². The van der Waals surface area contributed by atoms with Gasteiger partial charge in [0.15, 0.2) is 0 Å². The van der Waals surface area contributed by atoms with Crippen LogP contribution in [0.25, 0.3) is 0 Å². The lowest BCUT2D eigenvalue weighted by atomic mass is 9.87. The van der Waals surface area contributed by atoms with Crippen LogP contribution in [0.1, 0.15) is 39.5 Å². The van der Waals surface area contributed by atoms with Crippen molar-refractivity contribution in [3.8, 4) is 5.75 Å². The Balaban J connectivity index is 1.82. The first-order chi connectivity index (χ1) is 11.0. The predicted molar refractivity (Wildman–Crippen MR) is 91.8 cm³/mol. The minimum Gasteiger partial charge on any atom is -0.491 e. The molecule has 0 saturated heterocycles. The summed E-state index contributed by atoms with van der Waals surface area (Å²) in [7, 11) is 0. The number of amides is 2. The number of rotatable bonds is 6. The minimum absolute atomic E-state index is 0.219. The molecule has 2 atom stereocenters. The molecular weight excluding hydrogens is 292 g/mol. The smallest absolute Gasteiger partial charge is 0.319 e. The highest BCUT2D eigenvalue weighted by molar-refractivity contribution is 5.90. The molecule has 1 saturated carbocycles. The van der Waals surface area contributed by atoms with Crippen LogP contribution in [-0.4, -0.2) is 30.4 Å². The lowest BCUT2D eigenvalue weighted by Gasteiger charge is -2.26. The van der Waals surface area contributed by atoms with Crippen LogP contribution in [-0.2, 0) is 0 Å². The van der Waals surface area contributed by atoms with Crippen molar-refractivity contribution in [1.29, 1.82) is 0 Å². The van der Waals surface area contributed by atoms with E-state index in [9.17, 15) is 9.90 Å². The summed E-state index contributed by atoms with van der Waals surface area (Å²) in [5.74, 6) is 1.47. The Morgan fingerprint density at radius 3 is 2.87 bits per heavy atom. The monoisotopic (exact) mass is 320 g/mol. The van der Waals surface area contributed by atoms with Gasteiger partial charge in [-0.2, -0.15) is 0 Å². The molecule has 1 aliphatic carbocycles. The fraction of sp³-hybridized carbons (Fsp3) is 0.611. The van der Waals surface area contributed by atoms with Crippen molar-refractivity contribution < 1.29 is 14.6 Å². The van der Waals surface area contributed by atoms with Crippen LogP contribution in [0.15, 0.2) is 24.3 Å². The van der Waals surface area contributed by atoms with Crippen molar-refractivity contribution in [3.05, 3.63) is 24.3 Å². The molecule has 1 fully saturated rings. The van der Waals surface area contributed by atoms with E-state index in [2.05, 4.69) is 24.5 Å². The van der Waals surface area contributed by atoms with Gasteiger partial charge >= 0.3 is 6.03 Å². The van der Waals surface area contributed by atoms with Crippen molar-refractivity contribution in [2.24, 2.45) is 11.8 Å². The molecular formula is C18H28N2O3. The second-order valence-corrected chi connectivity index (χ2v) is 6.72. The normalized spacial score (nSPS) is 21.0. The average molecular weight is 320 g/mol. The van der Waals surface area contributed by atoms with Crippen LogP contribution < -0.4 is 15.4 Å². The van der Waals surface area contributed by atoms with Crippen molar-refractivity contribution in [3.63, 3.8) is 0 Å². The molecule has 2 amide bonds. The molecule has 1 aromatic carbocycles. The molecule has 0 spiro atoms. The number of hydrogen-bond acceptors (Lipinski definition) is 3. The highest BCUT2D eigenvalue weighted by Gasteiger charge is 2.20. The number of carbonyl (C=O) groups is 1. The molecule has 1 aliphatic rings. The van der Waals surface area contributed by atoms with Crippen LogP contribution >= 0.6 is 0 Å². The molecule has 0 heterocycles. The van der Waals surface area contributed by atoms with Crippen molar-refractivity contribution in [1.82, 2.24) is 5.32 Å². The maximum Gasteiger partial charge on any atom is 0.319 e. The van der Waals surface area contributed by atoms with Gasteiger partial charge < -0.3 is 20.5 Å². The number of benzene rings is 1. The van der Waals surface area contributed by atoms with Crippen LogP contribution in [0.3, 0.4) is 0 Å². The van der Waals surface area contributed by atoms with Gasteiger partial charge in [-0.05, 0) is 43.2 Å². The summed E-state index contributed by atoms with van der Waals surface area (Å²) in [5.41, 5.74) is 0.675. The number of aliphatic hydroxyl groups excluding tert-OH is 1. The van der Waals surface area contributed by atoms with E-state index in [1.54, 1.807) is 0 Å². The fourth-order valence-corrected chi connectivity index (χ4v) is 2.80. The molecule has 5 heteroatoms. The third kappa shape index (κ3) is 6.10. The summed E-state index contributed by atoms with van der Waals surface area (Å²) in [6, 6.07) is 7.22. The number of ether oxygens (including phenoxy) is 1. The number of aliphatic hydroxyl groups is 1. The van der Waals surface area contributed by atoms with Crippen LogP contribution in [0.5, 0.6) is 5.75 Å². The quantitative estimate of drug-likeness (QED) is 0.752. The molecule has 3 N–H and O–H groups in total. The second-order valence-electron chi connectivity index (χ2n) is 6.72. The van der Waals surface area contributed by atoms with Gasteiger partial charge in [0.1, 0.15) is 5.75 Å². The standard InChI is InChI=1S/C18H28N2O3/c1-13(2)12-23-17-9-4-3-8-16(17)20-18(22)19-11-14-6-5-7-15(21)10-14/h3-4,8-9,13-15,21H,5-7,10-12H2,1-2H3,(H2,19,20,22). The summed E-state index contributed by atoms with van der Waals surface area (Å²) in [5, 5.41) is 15.4. The van der Waals surface area contributed by atoms with Gasteiger partial charge in [0, 0.05) is 6.54 Å². The average Bonchev–Trinajstić information content (AvgIpc) is 2.52. The summed E-state index contributed by atoms with van der Waals surface area (Å²) < 4.78 is 5.73. The Bertz CT molecular complexity index is 505. The second kappa shape index (κ2) is 8.77. The zero-order chi connectivity index (χ0) is 16.7. The number of anilines is 1. The summed E-state index contributed by atoms with van der Waals surface area (Å²) >= 11 is 0. The Labute approximate surface area is 138 Å². The number of nitrogens with one attached hydrogen (secondary N) is 2. The molecule has 2 unspecified atom stereocenters. The zero-order valence-corrected chi connectivity index (χ0v) is 14.0. The summed E-state index contributed by atoms with van der Waals surface area (Å²) in [6.45, 7) is 5.38. The largest absolute Gasteiger partial charge is 0.491 e. The van der Waals surface area contributed by atoms with E-state index < -0.39 is 0 Å². The highest BCUT2D eigenvalue weighted by Crippen LogP contribution is 2.25. The Kier molecular flexibility index (Phi) is 6.71. The maximum absolute atomic E-state index is 12.1. The van der Waals surface area contributed by atoms with Crippen molar-refractivity contribution in [2.45, 2.75) is 45.6 Å². The van der Waals surface area contributed by atoms with E-state index in [1.807, 2.05) is 24.3 Å². The van der Waals surface area contributed by atoms with E-state index in [0.717, 1.165) is 25.7 Å². The van der Waals surface area contributed by atoms with Gasteiger partial charge in [0.25, 0.3) is 0 Å². The Hall–Kier alpha value is -1.75. The van der Waals surface area contributed by atoms with Crippen molar-refractivity contribution in [2.75, 3.05) is 18.5 Å². The van der Waals surface area contributed by atoms with E-state index in [-0.39, 0.29) is 12.1 Å². The molecule has 128 valence electrons. The first-order valence-electron chi connectivity index (χ1n) is 8.49. The first-order valence-corrected chi connectivity index (χ1v) is 8.49. The Morgan fingerprint density at radius 2 is 2.13 bits per heavy atom. The van der Waals surface area contributed by atoms with Gasteiger partial charge in [-0.1, -0.05) is 32.4 Å². The van der Waals surface area contributed by atoms with Gasteiger partial charge in [-0.3, -0.25) is 0 Å². The Morgan fingerprint density at radius 1 is 1.35 bits per heavy atom. The predicted octanol–water partition coefficient (Wildman–Crippen LogP) is 3.39. The SMILES string of the molecule is CC(C)COc1ccccc1NC(=O)NCC1CCCC(O)C1. The molecule has 0 radical (unpaired) electrons. The zero-order valence-electron chi connectivity index (χ0n) is 14.0. The van der Waals surface area contributed by atoms with Crippen LogP contribution in [0, 0.1) is 11.8 Å². The molecule has 1 aromatic rings. The van der Waals surface area contributed by atoms with Crippen molar-refractivity contribution >= 4 is 11.7 Å². The number of hydrogen-bond donors (Lipinski definition) is 3. The molecule has 5 nitrogen and oxygen atoms in total. The third-order valence-corrected chi connectivity index (χ3v) is 4.01. The van der Waals surface area contributed by atoms with Gasteiger partial charge in [-0.25, -0.2) is 4.79 Å². The minimum atomic E-state index is -0.231. The maximum atomic E-state index is 12.1.